The summed E-state index contributed by atoms with van der Waals surface area (Å²) >= 11 is 1.78. The first-order valence-corrected chi connectivity index (χ1v) is 8.08. The monoisotopic (exact) mass is 288 g/mol. The van der Waals surface area contributed by atoms with Crippen molar-refractivity contribution in [2.24, 2.45) is 5.73 Å². The highest BCUT2D eigenvalue weighted by Crippen LogP contribution is 2.36. The van der Waals surface area contributed by atoms with Crippen molar-refractivity contribution in [2.45, 2.75) is 38.6 Å². The van der Waals surface area contributed by atoms with Crippen LogP contribution in [0.15, 0.2) is 24.3 Å². The third-order valence-electron chi connectivity index (χ3n) is 3.57. The molecule has 1 aromatic carbocycles. The Morgan fingerprint density at radius 1 is 1.35 bits per heavy atom. The molecule has 2 aromatic rings. The minimum absolute atomic E-state index is 0.121. The molecule has 0 saturated heterocycles. The summed E-state index contributed by atoms with van der Waals surface area (Å²) in [5.74, 6) is 0.925. The fraction of sp³-hybridized carbons (Fsp3) is 0.438. The average Bonchev–Trinajstić information content (AvgIpc) is 2.91. The second kappa shape index (κ2) is 5.94. The van der Waals surface area contributed by atoms with Gasteiger partial charge < -0.3 is 10.5 Å². The lowest BCUT2D eigenvalue weighted by atomic mass is 9.99. The quantitative estimate of drug-likeness (QED) is 0.927. The predicted octanol–water partition coefficient (Wildman–Crippen LogP) is 3.94. The maximum atomic E-state index is 6.14. The summed E-state index contributed by atoms with van der Waals surface area (Å²) in [5, 5.41) is 1.08. The Morgan fingerprint density at radius 2 is 2.15 bits per heavy atom. The average molecular weight is 288 g/mol. The van der Waals surface area contributed by atoms with E-state index in [9.17, 15) is 0 Å². The molecular weight excluding hydrogens is 268 g/mol. The molecule has 2 N–H and O–H groups in total. The zero-order valence-electron chi connectivity index (χ0n) is 11.8. The molecule has 106 valence electrons. The minimum Gasteiger partial charge on any atom is -0.494 e. The first-order chi connectivity index (χ1) is 9.78. The highest BCUT2D eigenvalue weighted by molar-refractivity contribution is 7.15. The van der Waals surface area contributed by atoms with E-state index in [1.54, 1.807) is 11.3 Å². The summed E-state index contributed by atoms with van der Waals surface area (Å²) in [5.41, 5.74) is 8.41. The normalized spacial score (nSPS) is 17.8. The van der Waals surface area contributed by atoms with E-state index in [2.05, 4.69) is 19.1 Å². The Morgan fingerprint density at radius 3 is 2.85 bits per heavy atom. The van der Waals surface area contributed by atoms with E-state index in [-0.39, 0.29) is 6.04 Å². The molecule has 0 aliphatic heterocycles. The lowest BCUT2D eigenvalue weighted by molar-refractivity contribution is 0.317. The van der Waals surface area contributed by atoms with E-state index >= 15 is 0 Å². The number of thiazole rings is 1. The van der Waals surface area contributed by atoms with Crippen LogP contribution in [0, 0.1) is 0 Å². The fourth-order valence-electron chi connectivity index (χ4n) is 2.49. The van der Waals surface area contributed by atoms with Crippen LogP contribution in [-0.4, -0.2) is 11.6 Å². The van der Waals surface area contributed by atoms with Crippen LogP contribution in [0.3, 0.4) is 0 Å². The van der Waals surface area contributed by atoms with E-state index in [0.717, 1.165) is 47.9 Å². The molecule has 4 heteroatoms. The van der Waals surface area contributed by atoms with Gasteiger partial charge in [-0.25, -0.2) is 4.98 Å². The molecule has 1 atom stereocenters. The highest BCUT2D eigenvalue weighted by atomic mass is 32.1. The maximum absolute atomic E-state index is 6.14. The standard InChI is InChI=1S/C16H20N2OS/c1-2-10-19-12-8-6-11(7-9-12)16-18-15-13(17)4-3-5-14(15)20-16/h6-9,13H,2-5,10,17H2,1H3. The summed E-state index contributed by atoms with van der Waals surface area (Å²) in [7, 11) is 0. The van der Waals surface area contributed by atoms with Gasteiger partial charge in [0.05, 0.1) is 12.3 Å². The van der Waals surface area contributed by atoms with Gasteiger partial charge in [-0.05, 0) is 49.9 Å². The van der Waals surface area contributed by atoms with Crippen LogP contribution in [0.2, 0.25) is 0 Å². The number of ether oxygens (including phenoxy) is 1. The number of benzene rings is 1. The summed E-state index contributed by atoms with van der Waals surface area (Å²) in [4.78, 5) is 6.11. The van der Waals surface area contributed by atoms with Gasteiger partial charge in [0.2, 0.25) is 0 Å². The Hall–Kier alpha value is -1.39. The molecule has 0 saturated carbocycles. The Kier molecular flexibility index (Phi) is 4.03. The zero-order valence-corrected chi connectivity index (χ0v) is 12.6. The van der Waals surface area contributed by atoms with Gasteiger partial charge in [0.25, 0.3) is 0 Å². The number of nitrogens with zero attached hydrogens (tertiary/aromatic N) is 1. The first-order valence-electron chi connectivity index (χ1n) is 7.26. The number of hydrogen-bond acceptors (Lipinski definition) is 4. The van der Waals surface area contributed by atoms with Crippen LogP contribution >= 0.6 is 11.3 Å². The summed E-state index contributed by atoms with van der Waals surface area (Å²) in [6.07, 6.45) is 4.39. The third kappa shape index (κ3) is 2.72. The summed E-state index contributed by atoms with van der Waals surface area (Å²) in [6, 6.07) is 8.33. The molecule has 1 aliphatic rings. The van der Waals surface area contributed by atoms with Gasteiger partial charge in [0.1, 0.15) is 10.8 Å². The van der Waals surface area contributed by atoms with Gasteiger partial charge in [-0.3, -0.25) is 0 Å². The van der Waals surface area contributed by atoms with Crippen LogP contribution in [-0.2, 0) is 6.42 Å². The molecule has 20 heavy (non-hydrogen) atoms. The predicted molar refractivity (Wildman–Crippen MR) is 83.2 cm³/mol. The molecule has 0 amide bonds. The van der Waals surface area contributed by atoms with Crippen molar-refractivity contribution in [2.75, 3.05) is 6.61 Å². The molecule has 0 spiro atoms. The minimum atomic E-state index is 0.121. The Balaban J connectivity index is 1.82. The number of aryl methyl sites for hydroxylation is 1. The van der Waals surface area contributed by atoms with Gasteiger partial charge >= 0.3 is 0 Å². The molecule has 3 nitrogen and oxygen atoms in total. The molecule has 0 radical (unpaired) electrons. The number of fused-ring (bicyclic) bond motifs is 1. The second-order valence-electron chi connectivity index (χ2n) is 5.20. The molecule has 1 aromatic heterocycles. The van der Waals surface area contributed by atoms with Crippen molar-refractivity contribution in [3.63, 3.8) is 0 Å². The van der Waals surface area contributed by atoms with Gasteiger partial charge in [0.15, 0.2) is 0 Å². The molecule has 0 fully saturated rings. The van der Waals surface area contributed by atoms with E-state index < -0.39 is 0 Å². The second-order valence-corrected chi connectivity index (χ2v) is 6.28. The molecule has 3 rings (SSSR count). The van der Waals surface area contributed by atoms with Crippen molar-refractivity contribution in [3.8, 4) is 16.3 Å². The van der Waals surface area contributed by atoms with Crippen LogP contribution in [0.25, 0.3) is 10.6 Å². The van der Waals surface area contributed by atoms with Crippen LogP contribution < -0.4 is 10.5 Å². The topological polar surface area (TPSA) is 48.1 Å². The number of rotatable bonds is 4. The van der Waals surface area contributed by atoms with Gasteiger partial charge in [-0.15, -0.1) is 11.3 Å². The van der Waals surface area contributed by atoms with Gasteiger partial charge in [0, 0.05) is 16.5 Å². The Bertz CT molecular complexity index is 577. The molecular formula is C16H20N2OS. The molecule has 0 bridgehead atoms. The number of aromatic nitrogens is 1. The molecule has 1 aliphatic carbocycles. The highest BCUT2D eigenvalue weighted by Gasteiger charge is 2.22. The number of hydrogen-bond donors (Lipinski definition) is 1. The maximum Gasteiger partial charge on any atom is 0.123 e. The van der Waals surface area contributed by atoms with E-state index in [1.165, 1.54) is 11.3 Å². The van der Waals surface area contributed by atoms with Crippen LogP contribution in [0.5, 0.6) is 5.75 Å². The number of nitrogens with two attached hydrogens (primary N) is 1. The van der Waals surface area contributed by atoms with Crippen molar-refractivity contribution in [1.29, 1.82) is 0 Å². The van der Waals surface area contributed by atoms with E-state index in [0.29, 0.717) is 0 Å². The van der Waals surface area contributed by atoms with Crippen molar-refractivity contribution < 1.29 is 4.74 Å². The Labute approximate surface area is 123 Å². The SMILES string of the molecule is CCCOc1ccc(-c2nc3c(s2)CCCC3N)cc1. The third-order valence-corrected chi connectivity index (χ3v) is 4.75. The van der Waals surface area contributed by atoms with Crippen LogP contribution in [0.1, 0.15) is 42.8 Å². The first kappa shape index (κ1) is 13.6. The van der Waals surface area contributed by atoms with Gasteiger partial charge in [-0.2, -0.15) is 0 Å². The summed E-state index contributed by atoms with van der Waals surface area (Å²) in [6.45, 7) is 2.87. The van der Waals surface area contributed by atoms with Crippen molar-refractivity contribution in [1.82, 2.24) is 4.98 Å². The van der Waals surface area contributed by atoms with Crippen molar-refractivity contribution in [3.05, 3.63) is 34.8 Å². The van der Waals surface area contributed by atoms with E-state index in [1.807, 2.05) is 12.1 Å². The lowest BCUT2D eigenvalue weighted by Crippen LogP contribution is -2.16. The van der Waals surface area contributed by atoms with Gasteiger partial charge in [-0.1, -0.05) is 6.92 Å². The smallest absolute Gasteiger partial charge is 0.123 e. The van der Waals surface area contributed by atoms with Crippen LogP contribution in [0.4, 0.5) is 0 Å². The lowest BCUT2D eigenvalue weighted by Gasteiger charge is -2.15. The molecule has 1 unspecified atom stereocenters. The van der Waals surface area contributed by atoms with E-state index in [4.69, 9.17) is 15.5 Å². The zero-order chi connectivity index (χ0) is 13.9. The summed E-state index contributed by atoms with van der Waals surface area (Å²) < 4.78 is 5.61. The fourth-order valence-corrected chi connectivity index (χ4v) is 3.67. The van der Waals surface area contributed by atoms with Crippen molar-refractivity contribution >= 4 is 11.3 Å². The molecule has 1 heterocycles. The largest absolute Gasteiger partial charge is 0.494 e.